The van der Waals surface area contributed by atoms with Gasteiger partial charge in [0, 0.05) is 12.1 Å². The quantitative estimate of drug-likeness (QED) is 0.878. The minimum atomic E-state index is -0.190. The van der Waals surface area contributed by atoms with Crippen LogP contribution >= 0.6 is 11.6 Å². The fourth-order valence-electron chi connectivity index (χ4n) is 2.89. The molecule has 1 aliphatic heterocycles. The van der Waals surface area contributed by atoms with E-state index in [4.69, 9.17) is 16.3 Å². The zero-order valence-corrected chi connectivity index (χ0v) is 13.6. The van der Waals surface area contributed by atoms with Crippen molar-refractivity contribution < 1.29 is 9.53 Å². The molecule has 0 aliphatic carbocycles. The van der Waals surface area contributed by atoms with Crippen LogP contribution < -0.4 is 5.32 Å². The van der Waals surface area contributed by atoms with E-state index < -0.39 is 0 Å². The lowest BCUT2D eigenvalue weighted by Gasteiger charge is -2.32. The molecular weight excluding hydrogens is 288 g/mol. The third kappa shape index (κ3) is 3.57. The van der Waals surface area contributed by atoms with Crippen LogP contribution in [0, 0.1) is 0 Å². The molecule has 1 amide bonds. The van der Waals surface area contributed by atoms with Crippen molar-refractivity contribution in [2.24, 2.45) is 0 Å². The van der Waals surface area contributed by atoms with Gasteiger partial charge >= 0.3 is 0 Å². The molecule has 1 saturated heterocycles. The molecule has 1 aromatic rings. The number of amides is 1. The monoisotopic (exact) mass is 310 g/mol. The molecule has 1 aliphatic rings. The SMILES string of the molecule is CCCC(COC)N1C(=O)C(C)NC1c1cccc(Cl)c1. The van der Waals surface area contributed by atoms with Crippen LogP contribution in [-0.2, 0) is 9.53 Å². The molecule has 0 radical (unpaired) electrons. The van der Waals surface area contributed by atoms with Gasteiger partial charge in [-0.3, -0.25) is 10.1 Å². The molecule has 2 rings (SSSR count). The van der Waals surface area contributed by atoms with Crippen LogP contribution in [0.1, 0.15) is 38.4 Å². The van der Waals surface area contributed by atoms with Crippen molar-refractivity contribution in [1.29, 1.82) is 0 Å². The van der Waals surface area contributed by atoms with Gasteiger partial charge in [0.05, 0.1) is 18.7 Å². The Bertz CT molecular complexity index is 489. The number of nitrogens with zero attached hydrogens (tertiary/aromatic N) is 1. The van der Waals surface area contributed by atoms with Gasteiger partial charge in [-0.05, 0) is 31.0 Å². The van der Waals surface area contributed by atoms with Crippen LogP contribution in [0.4, 0.5) is 0 Å². The highest BCUT2D eigenvalue weighted by Crippen LogP contribution is 2.30. The molecule has 4 nitrogen and oxygen atoms in total. The smallest absolute Gasteiger partial charge is 0.241 e. The Kier molecular flexibility index (Phi) is 5.62. The number of methoxy groups -OCH3 is 1. The topological polar surface area (TPSA) is 41.6 Å². The van der Waals surface area contributed by atoms with Crippen LogP contribution in [0.15, 0.2) is 24.3 Å². The minimum Gasteiger partial charge on any atom is -0.383 e. The molecule has 1 N–H and O–H groups in total. The molecule has 1 fully saturated rings. The predicted octanol–water partition coefficient (Wildman–Crippen LogP) is 2.97. The molecule has 0 saturated carbocycles. The average Bonchev–Trinajstić information content (AvgIpc) is 2.75. The van der Waals surface area contributed by atoms with E-state index in [0.717, 1.165) is 18.4 Å². The number of ether oxygens (including phenoxy) is 1. The number of rotatable bonds is 6. The number of hydrogen-bond acceptors (Lipinski definition) is 3. The first-order valence-electron chi connectivity index (χ1n) is 7.41. The third-order valence-electron chi connectivity index (χ3n) is 3.85. The zero-order chi connectivity index (χ0) is 15.4. The molecule has 5 heteroatoms. The second kappa shape index (κ2) is 7.25. The fraction of sp³-hybridized carbons (Fsp3) is 0.562. The predicted molar refractivity (Wildman–Crippen MR) is 84.2 cm³/mol. The van der Waals surface area contributed by atoms with Crippen molar-refractivity contribution in [2.45, 2.75) is 44.9 Å². The Morgan fingerprint density at radius 2 is 2.24 bits per heavy atom. The Hall–Kier alpha value is -1.10. The zero-order valence-electron chi connectivity index (χ0n) is 12.8. The maximum absolute atomic E-state index is 12.5. The van der Waals surface area contributed by atoms with Crippen LogP contribution in [-0.4, -0.2) is 36.6 Å². The molecule has 21 heavy (non-hydrogen) atoms. The van der Waals surface area contributed by atoms with Crippen LogP contribution in [0.3, 0.4) is 0 Å². The summed E-state index contributed by atoms with van der Waals surface area (Å²) in [6, 6.07) is 7.55. The van der Waals surface area contributed by atoms with Crippen molar-refractivity contribution in [3.63, 3.8) is 0 Å². The highest BCUT2D eigenvalue weighted by Gasteiger charge is 2.40. The van der Waals surface area contributed by atoms with Gasteiger partial charge in [0.2, 0.25) is 5.91 Å². The summed E-state index contributed by atoms with van der Waals surface area (Å²) >= 11 is 6.09. The summed E-state index contributed by atoms with van der Waals surface area (Å²) < 4.78 is 5.31. The van der Waals surface area contributed by atoms with Crippen molar-refractivity contribution >= 4 is 17.5 Å². The van der Waals surface area contributed by atoms with E-state index in [1.54, 1.807) is 7.11 Å². The number of hydrogen-bond donors (Lipinski definition) is 1. The second-order valence-electron chi connectivity index (χ2n) is 5.49. The normalized spacial score (nSPS) is 23.6. The number of carbonyl (C=O) groups excluding carboxylic acids is 1. The van der Waals surface area contributed by atoms with Crippen molar-refractivity contribution in [3.8, 4) is 0 Å². The van der Waals surface area contributed by atoms with E-state index in [1.807, 2.05) is 36.1 Å². The third-order valence-corrected chi connectivity index (χ3v) is 4.08. The molecule has 116 valence electrons. The van der Waals surface area contributed by atoms with Gasteiger partial charge in [-0.1, -0.05) is 37.1 Å². The lowest BCUT2D eigenvalue weighted by atomic mass is 10.1. The van der Waals surface area contributed by atoms with Crippen LogP contribution in [0.5, 0.6) is 0 Å². The van der Waals surface area contributed by atoms with Gasteiger partial charge in [0.1, 0.15) is 6.17 Å². The first-order valence-corrected chi connectivity index (χ1v) is 7.79. The largest absolute Gasteiger partial charge is 0.383 e. The summed E-state index contributed by atoms with van der Waals surface area (Å²) in [7, 11) is 1.68. The Balaban J connectivity index is 2.31. The second-order valence-corrected chi connectivity index (χ2v) is 5.93. The van der Waals surface area contributed by atoms with Gasteiger partial charge in [0.15, 0.2) is 0 Å². The number of benzene rings is 1. The van der Waals surface area contributed by atoms with Crippen molar-refractivity contribution in [3.05, 3.63) is 34.9 Å². The average molecular weight is 311 g/mol. The number of carbonyl (C=O) groups is 1. The standard InChI is InChI=1S/C16H23ClN2O2/c1-4-6-14(10-21-3)19-15(18-11(2)16(19)20)12-7-5-8-13(17)9-12/h5,7-9,11,14-15,18H,4,6,10H2,1-3H3. The summed E-state index contributed by atoms with van der Waals surface area (Å²) in [6.07, 6.45) is 1.79. The lowest BCUT2D eigenvalue weighted by molar-refractivity contribution is -0.133. The maximum atomic E-state index is 12.5. The molecule has 3 unspecified atom stereocenters. The van der Waals surface area contributed by atoms with Crippen LogP contribution in [0.25, 0.3) is 0 Å². The van der Waals surface area contributed by atoms with Crippen molar-refractivity contribution in [2.75, 3.05) is 13.7 Å². The van der Waals surface area contributed by atoms with E-state index >= 15 is 0 Å². The van der Waals surface area contributed by atoms with Gasteiger partial charge < -0.3 is 9.64 Å². The van der Waals surface area contributed by atoms with E-state index in [-0.39, 0.29) is 24.2 Å². The summed E-state index contributed by atoms with van der Waals surface area (Å²) in [4.78, 5) is 14.5. The Morgan fingerprint density at radius 3 is 2.86 bits per heavy atom. The van der Waals surface area contributed by atoms with E-state index in [9.17, 15) is 4.79 Å². The van der Waals surface area contributed by atoms with Gasteiger partial charge in [-0.25, -0.2) is 0 Å². The minimum absolute atomic E-state index is 0.0777. The van der Waals surface area contributed by atoms with Crippen molar-refractivity contribution in [1.82, 2.24) is 10.2 Å². The fourth-order valence-corrected chi connectivity index (χ4v) is 3.09. The van der Waals surface area contributed by atoms with Gasteiger partial charge in [-0.2, -0.15) is 0 Å². The van der Waals surface area contributed by atoms with E-state index in [2.05, 4.69) is 12.2 Å². The summed E-state index contributed by atoms with van der Waals surface area (Å²) in [5.74, 6) is 0.121. The number of halogens is 1. The maximum Gasteiger partial charge on any atom is 0.241 e. The first kappa shape index (κ1) is 16.3. The number of nitrogens with one attached hydrogen (secondary N) is 1. The molecule has 0 aromatic heterocycles. The lowest BCUT2D eigenvalue weighted by Crippen LogP contribution is -2.42. The Morgan fingerprint density at radius 1 is 1.48 bits per heavy atom. The van der Waals surface area contributed by atoms with Gasteiger partial charge in [0.25, 0.3) is 0 Å². The Labute approximate surface area is 131 Å². The van der Waals surface area contributed by atoms with Gasteiger partial charge in [-0.15, -0.1) is 0 Å². The van der Waals surface area contributed by atoms with E-state index in [0.29, 0.717) is 11.6 Å². The molecule has 0 spiro atoms. The highest BCUT2D eigenvalue weighted by atomic mass is 35.5. The first-order chi connectivity index (χ1) is 10.1. The molecule has 0 bridgehead atoms. The van der Waals surface area contributed by atoms with E-state index in [1.165, 1.54) is 0 Å². The summed E-state index contributed by atoms with van der Waals surface area (Å²) in [5.41, 5.74) is 1.01. The summed E-state index contributed by atoms with van der Waals surface area (Å²) in [6.45, 7) is 4.56. The molecule has 3 atom stereocenters. The summed E-state index contributed by atoms with van der Waals surface area (Å²) in [5, 5.41) is 4.04. The highest BCUT2D eigenvalue weighted by molar-refractivity contribution is 6.30. The molecule has 1 heterocycles. The van der Waals surface area contributed by atoms with Crippen LogP contribution in [0.2, 0.25) is 5.02 Å². The molecular formula is C16H23ClN2O2. The molecule has 1 aromatic carbocycles.